The summed E-state index contributed by atoms with van der Waals surface area (Å²) in [6, 6.07) is 16.3. The molecule has 4 heteroatoms. The van der Waals surface area contributed by atoms with Crippen LogP contribution in [0.1, 0.15) is 37.5 Å². The molecule has 0 aliphatic heterocycles. The van der Waals surface area contributed by atoms with Gasteiger partial charge >= 0.3 is 0 Å². The van der Waals surface area contributed by atoms with Crippen molar-refractivity contribution in [3.05, 3.63) is 65.2 Å². The number of hydrogen-bond acceptors (Lipinski definition) is 3. The van der Waals surface area contributed by atoms with Crippen LogP contribution in [0.25, 0.3) is 0 Å². The maximum absolute atomic E-state index is 11.9. The second-order valence-corrected chi connectivity index (χ2v) is 7.28. The van der Waals surface area contributed by atoms with Gasteiger partial charge in [-0.2, -0.15) is 0 Å². The normalized spacial score (nSPS) is 11.2. The summed E-state index contributed by atoms with van der Waals surface area (Å²) >= 11 is 0. The van der Waals surface area contributed by atoms with E-state index in [1.807, 2.05) is 45.0 Å². The van der Waals surface area contributed by atoms with Crippen LogP contribution < -0.4 is 15.4 Å². The third-order valence-corrected chi connectivity index (χ3v) is 3.61. The number of rotatable bonds is 7. The van der Waals surface area contributed by atoms with Crippen LogP contribution >= 0.6 is 0 Å². The van der Waals surface area contributed by atoms with Crippen LogP contribution in [0, 0.1) is 6.92 Å². The molecule has 0 saturated carbocycles. The molecule has 2 aromatic carbocycles. The van der Waals surface area contributed by atoms with E-state index in [1.165, 1.54) is 11.1 Å². The van der Waals surface area contributed by atoms with Gasteiger partial charge in [0, 0.05) is 24.2 Å². The summed E-state index contributed by atoms with van der Waals surface area (Å²) in [5, 5.41) is 6.32. The van der Waals surface area contributed by atoms with Gasteiger partial charge < -0.3 is 15.4 Å². The van der Waals surface area contributed by atoms with Gasteiger partial charge in [-0.25, -0.2) is 0 Å². The summed E-state index contributed by atoms with van der Waals surface area (Å²) in [5.74, 6) is 0.623. The van der Waals surface area contributed by atoms with E-state index in [0.717, 1.165) is 17.9 Å². The van der Waals surface area contributed by atoms with Crippen LogP contribution in [0.15, 0.2) is 48.5 Å². The Hall–Kier alpha value is -2.33. The third-order valence-electron chi connectivity index (χ3n) is 3.61. The molecule has 2 N–H and O–H groups in total. The SMILES string of the molecule is Cc1ccc(CNCc2ccccc2OCC(=O)NC(C)(C)C)cc1. The molecule has 134 valence electrons. The Bertz CT molecular complexity index is 688. The summed E-state index contributed by atoms with van der Waals surface area (Å²) in [6.45, 7) is 9.44. The Labute approximate surface area is 150 Å². The lowest BCUT2D eigenvalue weighted by Gasteiger charge is -2.20. The van der Waals surface area contributed by atoms with Gasteiger partial charge in [0.1, 0.15) is 5.75 Å². The molecule has 0 radical (unpaired) electrons. The molecule has 4 nitrogen and oxygen atoms in total. The summed E-state index contributed by atoms with van der Waals surface area (Å²) in [5.41, 5.74) is 3.29. The standard InChI is InChI=1S/C21H28N2O2/c1-16-9-11-17(12-10-16)13-22-14-18-7-5-6-8-19(18)25-15-20(24)23-21(2,3)4/h5-12,22H,13-15H2,1-4H3,(H,23,24). The number of para-hydroxylation sites is 1. The number of hydrogen-bond donors (Lipinski definition) is 2. The predicted octanol–water partition coefficient (Wildman–Crippen LogP) is 3.58. The van der Waals surface area contributed by atoms with Crippen LogP contribution in [0.4, 0.5) is 0 Å². The Morgan fingerprint density at radius 2 is 1.68 bits per heavy atom. The zero-order valence-electron chi connectivity index (χ0n) is 15.6. The number of ether oxygens (including phenoxy) is 1. The van der Waals surface area contributed by atoms with Gasteiger partial charge in [-0.1, -0.05) is 48.0 Å². The number of aryl methyl sites for hydroxylation is 1. The fraction of sp³-hybridized carbons (Fsp3) is 0.381. The van der Waals surface area contributed by atoms with E-state index in [1.54, 1.807) is 0 Å². The summed E-state index contributed by atoms with van der Waals surface area (Å²) in [7, 11) is 0. The number of amides is 1. The average Bonchev–Trinajstić information content (AvgIpc) is 2.54. The molecule has 0 fully saturated rings. The van der Waals surface area contributed by atoms with Crippen molar-refractivity contribution in [2.45, 2.75) is 46.3 Å². The van der Waals surface area contributed by atoms with E-state index in [0.29, 0.717) is 6.54 Å². The van der Waals surface area contributed by atoms with Crippen LogP contribution in [0.3, 0.4) is 0 Å². The lowest BCUT2D eigenvalue weighted by atomic mass is 10.1. The highest BCUT2D eigenvalue weighted by Gasteiger charge is 2.14. The molecule has 0 bridgehead atoms. The fourth-order valence-electron chi connectivity index (χ4n) is 2.44. The van der Waals surface area contributed by atoms with Gasteiger partial charge in [-0.15, -0.1) is 0 Å². The van der Waals surface area contributed by atoms with Gasteiger partial charge in [0.15, 0.2) is 6.61 Å². The average molecular weight is 340 g/mol. The number of benzene rings is 2. The van der Waals surface area contributed by atoms with E-state index in [9.17, 15) is 4.79 Å². The van der Waals surface area contributed by atoms with Gasteiger partial charge in [0.25, 0.3) is 5.91 Å². The zero-order chi connectivity index (χ0) is 18.3. The van der Waals surface area contributed by atoms with Crippen LogP contribution in [0.5, 0.6) is 5.75 Å². The smallest absolute Gasteiger partial charge is 0.258 e. The van der Waals surface area contributed by atoms with E-state index >= 15 is 0 Å². The highest BCUT2D eigenvalue weighted by Crippen LogP contribution is 2.18. The second kappa shape index (κ2) is 8.67. The van der Waals surface area contributed by atoms with E-state index in [-0.39, 0.29) is 18.1 Å². The molecular weight excluding hydrogens is 312 g/mol. The maximum atomic E-state index is 11.9. The Kier molecular flexibility index (Phi) is 6.59. The molecule has 1 amide bonds. The van der Waals surface area contributed by atoms with Crippen molar-refractivity contribution < 1.29 is 9.53 Å². The molecule has 2 rings (SSSR count). The molecule has 0 atom stereocenters. The molecule has 25 heavy (non-hydrogen) atoms. The first kappa shape index (κ1) is 19.0. The lowest BCUT2D eigenvalue weighted by molar-refractivity contribution is -0.124. The quantitative estimate of drug-likeness (QED) is 0.810. The monoisotopic (exact) mass is 340 g/mol. The van der Waals surface area contributed by atoms with E-state index in [4.69, 9.17) is 4.74 Å². The predicted molar refractivity (Wildman–Crippen MR) is 102 cm³/mol. The zero-order valence-corrected chi connectivity index (χ0v) is 15.6. The minimum absolute atomic E-state index is 0.0201. The molecule has 0 aromatic heterocycles. The molecule has 0 aliphatic carbocycles. The fourth-order valence-corrected chi connectivity index (χ4v) is 2.44. The first-order valence-electron chi connectivity index (χ1n) is 8.61. The Balaban J connectivity index is 1.87. The van der Waals surface area contributed by atoms with Gasteiger partial charge in [-0.3, -0.25) is 4.79 Å². The van der Waals surface area contributed by atoms with Gasteiger partial charge in [-0.05, 0) is 39.3 Å². The number of carbonyl (C=O) groups excluding carboxylic acids is 1. The summed E-state index contributed by atoms with van der Waals surface area (Å²) in [6.07, 6.45) is 0. The van der Waals surface area contributed by atoms with Crippen molar-refractivity contribution in [1.82, 2.24) is 10.6 Å². The molecule has 0 heterocycles. The lowest BCUT2D eigenvalue weighted by Crippen LogP contribution is -2.43. The van der Waals surface area contributed by atoms with Crippen molar-refractivity contribution in [2.75, 3.05) is 6.61 Å². The van der Waals surface area contributed by atoms with Crippen molar-refractivity contribution in [3.8, 4) is 5.75 Å². The highest BCUT2D eigenvalue weighted by atomic mass is 16.5. The Morgan fingerprint density at radius 3 is 2.36 bits per heavy atom. The number of nitrogens with one attached hydrogen (secondary N) is 2. The second-order valence-electron chi connectivity index (χ2n) is 7.28. The van der Waals surface area contributed by atoms with Gasteiger partial charge in [0.2, 0.25) is 0 Å². The van der Waals surface area contributed by atoms with Crippen molar-refractivity contribution in [2.24, 2.45) is 0 Å². The van der Waals surface area contributed by atoms with E-state index in [2.05, 4.69) is 41.8 Å². The molecule has 0 saturated heterocycles. The first-order chi connectivity index (χ1) is 11.8. The molecule has 0 aliphatic rings. The van der Waals surface area contributed by atoms with E-state index < -0.39 is 0 Å². The van der Waals surface area contributed by atoms with Crippen LogP contribution in [-0.4, -0.2) is 18.1 Å². The molecule has 0 unspecified atom stereocenters. The van der Waals surface area contributed by atoms with Crippen molar-refractivity contribution >= 4 is 5.91 Å². The molecule has 2 aromatic rings. The molecular formula is C21H28N2O2. The minimum atomic E-state index is -0.254. The van der Waals surface area contributed by atoms with Crippen LogP contribution in [0.2, 0.25) is 0 Å². The molecule has 0 spiro atoms. The first-order valence-corrected chi connectivity index (χ1v) is 8.61. The van der Waals surface area contributed by atoms with Crippen LogP contribution in [-0.2, 0) is 17.9 Å². The van der Waals surface area contributed by atoms with Crippen molar-refractivity contribution in [1.29, 1.82) is 0 Å². The maximum Gasteiger partial charge on any atom is 0.258 e. The minimum Gasteiger partial charge on any atom is -0.483 e. The van der Waals surface area contributed by atoms with Gasteiger partial charge in [0.05, 0.1) is 0 Å². The largest absolute Gasteiger partial charge is 0.483 e. The summed E-state index contributed by atoms with van der Waals surface area (Å²) < 4.78 is 5.71. The topological polar surface area (TPSA) is 50.4 Å². The number of carbonyl (C=O) groups is 1. The summed E-state index contributed by atoms with van der Waals surface area (Å²) in [4.78, 5) is 11.9. The Morgan fingerprint density at radius 1 is 1.00 bits per heavy atom. The third kappa shape index (κ3) is 6.98. The highest BCUT2D eigenvalue weighted by molar-refractivity contribution is 5.78. The van der Waals surface area contributed by atoms with Crippen molar-refractivity contribution in [3.63, 3.8) is 0 Å².